The fourth-order valence-corrected chi connectivity index (χ4v) is 2.15. The summed E-state index contributed by atoms with van der Waals surface area (Å²) in [5, 5.41) is 12.7. The zero-order valence-corrected chi connectivity index (χ0v) is 13.6. The molecule has 134 valence electrons. The number of benzene rings is 2. The van der Waals surface area contributed by atoms with Gasteiger partial charge in [0.2, 0.25) is 0 Å². The highest BCUT2D eigenvalue weighted by atomic mass is 35.5. The summed E-state index contributed by atoms with van der Waals surface area (Å²) in [6.07, 6.45) is -5.55. The Labute approximate surface area is 147 Å². The van der Waals surface area contributed by atoms with Crippen LogP contribution in [0.25, 0.3) is 0 Å². The number of alkyl halides is 3. The van der Waals surface area contributed by atoms with E-state index in [0.29, 0.717) is 10.6 Å². The van der Waals surface area contributed by atoms with Gasteiger partial charge in [-0.1, -0.05) is 23.7 Å². The van der Waals surface area contributed by atoms with Gasteiger partial charge in [0.1, 0.15) is 18.5 Å². The molecule has 25 heavy (non-hydrogen) atoms. The average molecular weight is 374 g/mol. The molecule has 1 unspecified atom stereocenters. The predicted octanol–water partition coefficient (Wildman–Crippen LogP) is 3.53. The van der Waals surface area contributed by atoms with E-state index in [-0.39, 0.29) is 18.9 Å². The highest BCUT2D eigenvalue weighted by molar-refractivity contribution is 6.30. The topological polar surface area (TPSA) is 58.6 Å². The van der Waals surface area contributed by atoms with Crippen LogP contribution in [0.5, 0.6) is 5.75 Å². The van der Waals surface area contributed by atoms with Crippen LogP contribution in [0, 0.1) is 0 Å². The predicted molar refractivity (Wildman–Crippen MR) is 86.7 cm³/mol. The van der Waals surface area contributed by atoms with Crippen molar-refractivity contribution in [2.24, 2.45) is 0 Å². The first-order valence-electron chi connectivity index (χ1n) is 7.27. The highest BCUT2D eigenvalue weighted by Crippen LogP contribution is 2.31. The third-order valence-corrected chi connectivity index (χ3v) is 3.42. The van der Waals surface area contributed by atoms with Crippen LogP contribution in [-0.4, -0.2) is 30.3 Å². The second kappa shape index (κ2) is 8.22. The van der Waals surface area contributed by atoms with Gasteiger partial charge < -0.3 is 15.2 Å². The monoisotopic (exact) mass is 373 g/mol. The minimum atomic E-state index is -4.47. The van der Waals surface area contributed by atoms with Gasteiger partial charge in [0.25, 0.3) is 5.91 Å². The van der Waals surface area contributed by atoms with E-state index in [9.17, 15) is 23.1 Å². The molecular weight excluding hydrogens is 359 g/mol. The quantitative estimate of drug-likeness (QED) is 0.814. The molecule has 0 aliphatic heterocycles. The van der Waals surface area contributed by atoms with Crippen LogP contribution >= 0.6 is 11.6 Å². The van der Waals surface area contributed by atoms with Gasteiger partial charge in [0.05, 0.1) is 5.56 Å². The third-order valence-electron chi connectivity index (χ3n) is 3.19. The SMILES string of the molecule is O=C(NCC(O)COc1cccc(C(F)(F)F)c1)c1cccc(Cl)c1. The number of aliphatic hydroxyl groups is 1. The molecule has 8 heteroatoms. The van der Waals surface area contributed by atoms with Crippen molar-refractivity contribution < 1.29 is 27.8 Å². The lowest BCUT2D eigenvalue weighted by molar-refractivity contribution is -0.137. The Bertz CT molecular complexity index is 737. The maximum Gasteiger partial charge on any atom is 0.416 e. The van der Waals surface area contributed by atoms with E-state index in [2.05, 4.69) is 5.32 Å². The van der Waals surface area contributed by atoms with E-state index < -0.39 is 23.8 Å². The summed E-state index contributed by atoms with van der Waals surface area (Å²) in [5.74, 6) is -0.448. The molecular formula is C17H15ClF3NO3. The summed E-state index contributed by atoms with van der Waals surface area (Å²) in [4.78, 5) is 11.9. The summed E-state index contributed by atoms with van der Waals surface area (Å²) in [7, 11) is 0. The Morgan fingerprint density at radius 3 is 2.60 bits per heavy atom. The van der Waals surface area contributed by atoms with Crippen LogP contribution in [-0.2, 0) is 6.18 Å². The van der Waals surface area contributed by atoms with Crippen molar-refractivity contribution >= 4 is 17.5 Å². The minimum Gasteiger partial charge on any atom is -0.491 e. The summed E-state index contributed by atoms with van der Waals surface area (Å²) in [5.41, 5.74) is -0.507. The number of amides is 1. The van der Waals surface area contributed by atoms with E-state index in [1.165, 1.54) is 18.2 Å². The molecule has 1 amide bonds. The molecule has 0 aliphatic carbocycles. The van der Waals surface area contributed by atoms with Crippen LogP contribution in [0.4, 0.5) is 13.2 Å². The highest BCUT2D eigenvalue weighted by Gasteiger charge is 2.30. The molecule has 2 aromatic carbocycles. The van der Waals surface area contributed by atoms with Gasteiger partial charge in [-0.15, -0.1) is 0 Å². The van der Waals surface area contributed by atoms with Crippen molar-refractivity contribution in [1.29, 1.82) is 0 Å². The van der Waals surface area contributed by atoms with Crippen LogP contribution < -0.4 is 10.1 Å². The van der Waals surface area contributed by atoms with Gasteiger partial charge in [-0.3, -0.25) is 4.79 Å². The number of nitrogens with one attached hydrogen (secondary N) is 1. The Morgan fingerprint density at radius 1 is 1.20 bits per heavy atom. The molecule has 0 aliphatic rings. The van der Waals surface area contributed by atoms with Crippen LogP contribution in [0.1, 0.15) is 15.9 Å². The lowest BCUT2D eigenvalue weighted by Gasteiger charge is -2.14. The molecule has 0 heterocycles. The first-order chi connectivity index (χ1) is 11.8. The Hall–Kier alpha value is -2.25. The Balaban J connectivity index is 1.83. The number of carbonyl (C=O) groups is 1. The number of halogens is 4. The van der Waals surface area contributed by atoms with Crippen LogP contribution in [0.3, 0.4) is 0 Å². The minimum absolute atomic E-state index is 0.0185. The molecule has 0 aromatic heterocycles. The lowest BCUT2D eigenvalue weighted by atomic mass is 10.2. The van der Waals surface area contributed by atoms with Gasteiger partial charge in [0.15, 0.2) is 0 Å². The average Bonchev–Trinajstić information content (AvgIpc) is 2.57. The number of ether oxygens (including phenoxy) is 1. The van der Waals surface area contributed by atoms with Crippen molar-refractivity contribution in [3.63, 3.8) is 0 Å². The van der Waals surface area contributed by atoms with Crippen LogP contribution in [0.15, 0.2) is 48.5 Å². The van der Waals surface area contributed by atoms with Crippen molar-refractivity contribution in [2.75, 3.05) is 13.2 Å². The lowest BCUT2D eigenvalue weighted by Crippen LogP contribution is -2.35. The molecule has 0 bridgehead atoms. The van der Waals surface area contributed by atoms with Gasteiger partial charge in [0, 0.05) is 17.1 Å². The standard InChI is InChI=1S/C17H15ClF3NO3/c18-13-5-1-3-11(7-13)16(24)22-9-14(23)10-25-15-6-2-4-12(8-15)17(19,20)21/h1-8,14,23H,9-10H2,(H,22,24). The molecule has 2 rings (SSSR count). The van der Waals surface area contributed by atoms with E-state index in [0.717, 1.165) is 12.1 Å². The van der Waals surface area contributed by atoms with E-state index >= 15 is 0 Å². The molecule has 2 aromatic rings. The van der Waals surface area contributed by atoms with E-state index in [1.54, 1.807) is 18.2 Å². The summed E-state index contributed by atoms with van der Waals surface area (Å²) < 4.78 is 43.0. The maximum atomic E-state index is 12.6. The molecule has 0 spiro atoms. The molecule has 0 fully saturated rings. The van der Waals surface area contributed by atoms with Gasteiger partial charge in [-0.2, -0.15) is 13.2 Å². The normalized spacial score (nSPS) is 12.5. The van der Waals surface area contributed by atoms with Crippen molar-refractivity contribution in [1.82, 2.24) is 5.32 Å². The summed E-state index contributed by atoms with van der Waals surface area (Å²) >= 11 is 5.78. The fraction of sp³-hybridized carbons (Fsp3) is 0.235. The molecule has 0 radical (unpaired) electrons. The van der Waals surface area contributed by atoms with E-state index in [4.69, 9.17) is 16.3 Å². The first-order valence-corrected chi connectivity index (χ1v) is 7.65. The molecule has 0 saturated carbocycles. The molecule has 2 N–H and O–H groups in total. The summed E-state index contributed by atoms with van der Waals surface area (Å²) in [6.45, 7) is -0.387. The van der Waals surface area contributed by atoms with Gasteiger partial charge in [-0.05, 0) is 36.4 Å². The Morgan fingerprint density at radius 2 is 1.92 bits per heavy atom. The smallest absolute Gasteiger partial charge is 0.416 e. The van der Waals surface area contributed by atoms with Gasteiger partial charge >= 0.3 is 6.18 Å². The van der Waals surface area contributed by atoms with Crippen molar-refractivity contribution in [3.05, 3.63) is 64.7 Å². The van der Waals surface area contributed by atoms with Crippen molar-refractivity contribution in [2.45, 2.75) is 12.3 Å². The van der Waals surface area contributed by atoms with E-state index in [1.807, 2.05) is 0 Å². The maximum absolute atomic E-state index is 12.6. The number of hydrogen-bond donors (Lipinski definition) is 2. The number of hydrogen-bond acceptors (Lipinski definition) is 3. The van der Waals surface area contributed by atoms with Crippen LogP contribution in [0.2, 0.25) is 5.02 Å². The largest absolute Gasteiger partial charge is 0.491 e. The first kappa shape index (κ1) is 19.1. The zero-order valence-electron chi connectivity index (χ0n) is 12.9. The number of carbonyl (C=O) groups excluding carboxylic acids is 1. The number of rotatable bonds is 6. The molecule has 1 atom stereocenters. The fourth-order valence-electron chi connectivity index (χ4n) is 1.96. The summed E-state index contributed by atoms with van der Waals surface area (Å²) in [6, 6.07) is 10.6. The second-order valence-electron chi connectivity index (χ2n) is 5.21. The Kier molecular flexibility index (Phi) is 6.27. The molecule has 4 nitrogen and oxygen atoms in total. The van der Waals surface area contributed by atoms with Crippen molar-refractivity contribution in [3.8, 4) is 5.75 Å². The third kappa shape index (κ3) is 5.95. The second-order valence-corrected chi connectivity index (χ2v) is 5.65. The zero-order chi connectivity index (χ0) is 18.4. The molecule has 0 saturated heterocycles. The van der Waals surface area contributed by atoms with Gasteiger partial charge in [-0.25, -0.2) is 0 Å². The number of aliphatic hydroxyl groups excluding tert-OH is 1.